The number of nitrogens with one attached hydrogen (secondary N) is 1. The fourth-order valence-corrected chi connectivity index (χ4v) is 2.52. The summed E-state index contributed by atoms with van der Waals surface area (Å²) in [6, 6.07) is 13.1. The zero-order chi connectivity index (χ0) is 16.4. The van der Waals surface area contributed by atoms with Gasteiger partial charge in [-0.25, -0.2) is 13.5 Å². The predicted octanol–water partition coefficient (Wildman–Crippen LogP) is 3.37. The molecule has 0 aliphatic rings. The number of carbonyl (C=O) groups excluding carboxylic acids is 1. The van der Waals surface area contributed by atoms with Crippen molar-refractivity contribution in [1.82, 2.24) is 4.57 Å². The van der Waals surface area contributed by atoms with Gasteiger partial charge in [-0.2, -0.15) is 0 Å². The molecule has 0 saturated carbocycles. The highest BCUT2D eigenvalue weighted by molar-refractivity contribution is 5.92. The van der Waals surface area contributed by atoms with Crippen molar-refractivity contribution in [3.05, 3.63) is 67.3 Å². The SMILES string of the molecule is C=Cn1c[n+]([C@@H](C)C(=O)Nc2ccc(F)cc2)c2ccccc21. The maximum absolute atomic E-state index is 12.9. The van der Waals surface area contributed by atoms with Crippen molar-refractivity contribution in [3.63, 3.8) is 0 Å². The number of nitrogens with zero attached hydrogens (tertiary/aromatic N) is 2. The van der Waals surface area contributed by atoms with E-state index in [2.05, 4.69) is 11.9 Å². The van der Waals surface area contributed by atoms with Crippen molar-refractivity contribution in [2.24, 2.45) is 0 Å². The molecule has 1 amide bonds. The van der Waals surface area contributed by atoms with Gasteiger partial charge in [-0.3, -0.25) is 4.79 Å². The quantitative estimate of drug-likeness (QED) is 0.737. The van der Waals surface area contributed by atoms with Crippen molar-refractivity contribution < 1.29 is 13.8 Å². The number of carbonyl (C=O) groups is 1. The van der Waals surface area contributed by atoms with Crippen LogP contribution in [-0.4, -0.2) is 10.5 Å². The van der Waals surface area contributed by atoms with Gasteiger partial charge in [-0.15, -0.1) is 0 Å². The molecule has 3 aromatic rings. The Morgan fingerprint density at radius 2 is 1.96 bits per heavy atom. The summed E-state index contributed by atoms with van der Waals surface area (Å²) in [5, 5.41) is 2.80. The Morgan fingerprint density at radius 3 is 2.65 bits per heavy atom. The van der Waals surface area contributed by atoms with E-state index in [1.807, 2.05) is 46.7 Å². The minimum absolute atomic E-state index is 0.173. The van der Waals surface area contributed by atoms with E-state index >= 15 is 0 Å². The van der Waals surface area contributed by atoms with Crippen molar-refractivity contribution in [1.29, 1.82) is 0 Å². The highest BCUT2D eigenvalue weighted by Gasteiger charge is 2.24. The number of aromatic nitrogens is 2. The maximum Gasteiger partial charge on any atom is 0.269 e. The van der Waals surface area contributed by atoms with E-state index in [1.54, 1.807) is 6.20 Å². The number of hydrogen-bond acceptors (Lipinski definition) is 1. The minimum atomic E-state index is -0.425. The average Bonchev–Trinajstić information content (AvgIpc) is 2.95. The lowest BCUT2D eigenvalue weighted by Crippen LogP contribution is -2.43. The van der Waals surface area contributed by atoms with Crippen LogP contribution in [0.4, 0.5) is 10.1 Å². The Morgan fingerprint density at radius 1 is 1.26 bits per heavy atom. The third-order valence-corrected chi connectivity index (χ3v) is 3.79. The first-order chi connectivity index (χ1) is 11.1. The Labute approximate surface area is 133 Å². The molecule has 116 valence electrons. The van der Waals surface area contributed by atoms with Crippen LogP contribution < -0.4 is 9.88 Å². The molecule has 1 atom stereocenters. The van der Waals surface area contributed by atoms with Crippen LogP contribution in [0, 0.1) is 5.82 Å². The molecule has 5 heteroatoms. The number of rotatable bonds is 4. The predicted molar refractivity (Wildman–Crippen MR) is 88.3 cm³/mol. The van der Waals surface area contributed by atoms with Gasteiger partial charge in [0.2, 0.25) is 6.33 Å². The molecule has 2 aromatic carbocycles. The zero-order valence-electron chi connectivity index (χ0n) is 12.7. The van der Waals surface area contributed by atoms with Gasteiger partial charge in [0.15, 0.2) is 17.1 Å². The van der Waals surface area contributed by atoms with Crippen LogP contribution in [-0.2, 0) is 4.79 Å². The molecule has 4 nitrogen and oxygen atoms in total. The second-order valence-electron chi connectivity index (χ2n) is 5.27. The van der Waals surface area contributed by atoms with Gasteiger partial charge in [-0.1, -0.05) is 18.7 Å². The summed E-state index contributed by atoms with van der Waals surface area (Å²) in [7, 11) is 0. The van der Waals surface area contributed by atoms with Crippen molar-refractivity contribution in [3.8, 4) is 0 Å². The van der Waals surface area contributed by atoms with E-state index in [1.165, 1.54) is 24.3 Å². The molecule has 1 heterocycles. The molecule has 0 aliphatic heterocycles. The summed E-state index contributed by atoms with van der Waals surface area (Å²) in [6.45, 7) is 5.61. The molecular formula is C18H17FN3O+. The fraction of sp³-hybridized carbons (Fsp3) is 0.111. The molecule has 1 aromatic heterocycles. The molecule has 23 heavy (non-hydrogen) atoms. The Hall–Kier alpha value is -2.95. The number of hydrogen-bond donors (Lipinski definition) is 1. The molecular weight excluding hydrogens is 293 g/mol. The third-order valence-electron chi connectivity index (χ3n) is 3.79. The highest BCUT2D eigenvalue weighted by atomic mass is 19.1. The van der Waals surface area contributed by atoms with Crippen LogP contribution >= 0.6 is 0 Å². The first kappa shape index (κ1) is 15.0. The molecule has 0 fully saturated rings. The molecule has 0 spiro atoms. The molecule has 0 radical (unpaired) electrons. The largest absolute Gasteiger partial charge is 0.322 e. The molecule has 3 rings (SSSR count). The van der Waals surface area contributed by atoms with Gasteiger partial charge in [0.25, 0.3) is 5.91 Å². The number of imidazole rings is 1. The molecule has 1 N–H and O–H groups in total. The Balaban J connectivity index is 1.90. The summed E-state index contributed by atoms with van der Waals surface area (Å²) in [4.78, 5) is 12.5. The van der Waals surface area contributed by atoms with Gasteiger partial charge in [0.1, 0.15) is 5.82 Å². The van der Waals surface area contributed by atoms with Crippen LogP contribution in [0.15, 0.2) is 61.4 Å². The van der Waals surface area contributed by atoms with E-state index in [-0.39, 0.29) is 11.7 Å². The number of anilines is 1. The summed E-state index contributed by atoms with van der Waals surface area (Å²) < 4.78 is 16.7. The van der Waals surface area contributed by atoms with E-state index in [0.29, 0.717) is 5.69 Å². The van der Waals surface area contributed by atoms with Gasteiger partial charge in [0.05, 0.1) is 6.20 Å². The standard InChI is InChI=1S/C18H16FN3O/c1-3-21-12-22(17-7-5-4-6-16(17)21)13(2)18(23)20-15-10-8-14(19)9-11-15/h3-13H,1H2,2H3/p+1/t13-/m0/s1. The Bertz CT molecular complexity index is 868. The number of para-hydroxylation sites is 2. The topological polar surface area (TPSA) is 37.9 Å². The van der Waals surface area contributed by atoms with Crippen LogP contribution in [0.1, 0.15) is 13.0 Å². The van der Waals surface area contributed by atoms with Crippen molar-refractivity contribution in [2.75, 3.05) is 5.32 Å². The second kappa shape index (κ2) is 6.04. The average molecular weight is 310 g/mol. The van der Waals surface area contributed by atoms with E-state index in [0.717, 1.165) is 11.0 Å². The first-order valence-electron chi connectivity index (χ1n) is 7.30. The highest BCUT2D eigenvalue weighted by Crippen LogP contribution is 2.15. The van der Waals surface area contributed by atoms with Crippen LogP contribution in [0.3, 0.4) is 0 Å². The molecule has 0 aliphatic carbocycles. The van der Waals surface area contributed by atoms with Crippen molar-refractivity contribution in [2.45, 2.75) is 13.0 Å². The smallest absolute Gasteiger partial charge is 0.269 e. The van der Waals surface area contributed by atoms with Gasteiger partial charge < -0.3 is 5.32 Å². The lowest BCUT2D eigenvalue weighted by atomic mass is 10.2. The van der Waals surface area contributed by atoms with E-state index in [4.69, 9.17) is 0 Å². The summed E-state index contributed by atoms with van der Waals surface area (Å²) in [6.07, 6.45) is 3.54. The zero-order valence-corrected chi connectivity index (χ0v) is 12.7. The maximum atomic E-state index is 12.9. The number of amides is 1. The van der Waals surface area contributed by atoms with Crippen molar-refractivity contribution >= 4 is 28.8 Å². The van der Waals surface area contributed by atoms with E-state index < -0.39 is 6.04 Å². The van der Waals surface area contributed by atoms with Crippen LogP contribution in [0.25, 0.3) is 17.2 Å². The third kappa shape index (κ3) is 2.85. The van der Waals surface area contributed by atoms with Gasteiger partial charge >= 0.3 is 0 Å². The number of fused-ring (bicyclic) bond motifs is 1. The number of halogens is 1. The summed E-state index contributed by atoms with van der Waals surface area (Å²) in [5.41, 5.74) is 2.48. The molecule has 0 saturated heterocycles. The monoisotopic (exact) mass is 310 g/mol. The van der Waals surface area contributed by atoms with Crippen LogP contribution in [0.5, 0.6) is 0 Å². The molecule has 0 unspecified atom stereocenters. The lowest BCUT2D eigenvalue weighted by molar-refractivity contribution is -0.680. The summed E-state index contributed by atoms with van der Waals surface area (Å²) in [5.74, 6) is -0.506. The minimum Gasteiger partial charge on any atom is -0.322 e. The van der Waals surface area contributed by atoms with Gasteiger partial charge in [0, 0.05) is 5.69 Å². The van der Waals surface area contributed by atoms with E-state index in [9.17, 15) is 9.18 Å². The summed E-state index contributed by atoms with van der Waals surface area (Å²) >= 11 is 0. The Kier molecular flexibility index (Phi) is 3.93. The first-order valence-corrected chi connectivity index (χ1v) is 7.30. The molecule has 0 bridgehead atoms. The lowest BCUT2D eigenvalue weighted by Gasteiger charge is -2.10. The second-order valence-corrected chi connectivity index (χ2v) is 5.27. The normalized spacial score (nSPS) is 12.1. The van der Waals surface area contributed by atoms with Gasteiger partial charge in [-0.05, 0) is 43.3 Å². The fourth-order valence-electron chi connectivity index (χ4n) is 2.52. The van der Waals surface area contributed by atoms with Crippen LogP contribution in [0.2, 0.25) is 0 Å². The number of benzene rings is 2.